The van der Waals surface area contributed by atoms with E-state index in [-0.39, 0.29) is 0 Å². The first-order valence-corrected chi connectivity index (χ1v) is 9.91. The number of hydrogen-bond acceptors (Lipinski definition) is 3. The number of nitrogens with one attached hydrogen (secondary N) is 1. The summed E-state index contributed by atoms with van der Waals surface area (Å²) in [6, 6.07) is 33.5. The molecule has 0 saturated heterocycles. The van der Waals surface area contributed by atoms with Crippen LogP contribution in [0.15, 0.2) is 97.2 Å². The van der Waals surface area contributed by atoms with Crippen LogP contribution in [0.1, 0.15) is 5.56 Å². The van der Waals surface area contributed by atoms with E-state index in [0.717, 1.165) is 33.4 Å². The second kappa shape index (κ2) is 7.69. The van der Waals surface area contributed by atoms with Crippen LogP contribution in [-0.4, -0.2) is 4.98 Å². The standard InChI is InChI=1S/C27H19N3/c28-15-13-19-5-10-24(11-6-19)30-27-14-16-29-26-12-9-23(18-25(26)27)22-8-7-20-3-1-2-4-21(20)17-22/h1-12,14,16-18H,13H2,(H,29,30). The molecule has 0 bridgehead atoms. The Kier molecular flexibility index (Phi) is 4.59. The molecule has 5 rings (SSSR count). The molecule has 3 nitrogen and oxygen atoms in total. The lowest BCUT2D eigenvalue weighted by molar-refractivity contribution is 1.26. The van der Waals surface area contributed by atoms with Crippen LogP contribution in [-0.2, 0) is 6.42 Å². The first kappa shape index (κ1) is 17.9. The lowest BCUT2D eigenvalue weighted by Crippen LogP contribution is -1.93. The highest BCUT2D eigenvalue weighted by Crippen LogP contribution is 2.31. The quantitative estimate of drug-likeness (QED) is 0.367. The van der Waals surface area contributed by atoms with Gasteiger partial charge < -0.3 is 5.32 Å². The summed E-state index contributed by atoms with van der Waals surface area (Å²) in [5.41, 5.74) is 6.31. The molecule has 0 fully saturated rings. The highest BCUT2D eigenvalue weighted by atomic mass is 14.9. The average molecular weight is 385 g/mol. The molecule has 0 amide bonds. The predicted molar refractivity (Wildman–Crippen MR) is 124 cm³/mol. The normalized spacial score (nSPS) is 10.8. The van der Waals surface area contributed by atoms with Gasteiger partial charge in [0.2, 0.25) is 0 Å². The Bertz CT molecular complexity index is 1400. The molecule has 0 spiro atoms. The number of anilines is 2. The monoisotopic (exact) mass is 385 g/mol. The summed E-state index contributed by atoms with van der Waals surface area (Å²) in [5.74, 6) is 0. The molecule has 1 aromatic heterocycles. The molecular weight excluding hydrogens is 366 g/mol. The number of aromatic nitrogens is 1. The summed E-state index contributed by atoms with van der Waals surface area (Å²) in [6.07, 6.45) is 2.25. The van der Waals surface area contributed by atoms with Crippen LogP contribution >= 0.6 is 0 Å². The van der Waals surface area contributed by atoms with E-state index < -0.39 is 0 Å². The zero-order valence-electron chi connectivity index (χ0n) is 16.3. The third-order valence-corrected chi connectivity index (χ3v) is 5.34. The Morgan fingerprint density at radius 2 is 1.53 bits per heavy atom. The van der Waals surface area contributed by atoms with Gasteiger partial charge in [-0.1, -0.05) is 54.6 Å². The van der Waals surface area contributed by atoms with Gasteiger partial charge in [0, 0.05) is 23.0 Å². The van der Waals surface area contributed by atoms with Crippen LogP contribution in [0.25, 0.3) is 32.8 Å². The average Bonchev–Trinajstić information content (AvgIpc) is 2.80. The number of benzene rings is 4. The maximum atomic E-state index is 8.85. The van der Waals surface area contributed by atoms with Gasteiger partial charge in [-0.15, -0.1) is 0 Å². The SMILES string of the molecule is N#CCc1ccc(Nc2ccnc3ccc(-c4ccc5ccccc5c4)cc23)cc1. The molecule has 0 aliphatic carbocycles. The van der Waals surface area contributed by atoms with Gasteiger partial charge >= 0.3 is 0 Å². The molecule has 3 heteroatoms. The van der Waals surface area contributed by atoms with Crippen LogP contribution in [0.2, 0.25) is 0 Å². The molecule has 4 aromatic carbocycles. The summed E-state index contributed by atoms with van der Waals surface area (Å²) >= 11 is 0. The molecular formula is C27H19N3. The van der Waals surface area contributed by atoms with Crippen LogP contribution in [0.5, 0.6) is 0 Å². The van der Waals surface area contributed by atoms with Crippen LogP contribution < -0.4 is 5.32 Å². The van der Waals surface area contributed by atoms with Crippen LogP contribution in [0.4, 0.5) is 11.4 Å². The summed E-state index contributed by atoms with van der Waals surface area (Å²) in [6.45, 7) is 0. The summed E-state index contributed by atoms with van der Waals surface area (Å²) in [4.78, 5) is 4.53. The molecule has 0 unspecified atom stereocenters. The fourth-order valence-corrected chi connectivity index (χ4v) is 3.76. The van der Waals surface area contributed by atoms with Crippen molar-refractivity contribution in [3.05, 3.63) is 103 Å². The molecule has 142 valence electrons. The van der Waals surface area contributed by atoms with Gasteiger partial charge in [-0.05, 0) is 63.9 Å². The highest BCUT2D eigenvalue weighted by Gasteiger charge is 2.07. The van der Waals surface area contributed by atoms with Gasteiger partial charge in [-0.25, -0.2) is 0 Å². The number of fused-ring (bicyclic) bond motifs is 2. The second-order valence-electron chi connectivity index (χ2n) is 7.31. The van der Waals surface area contributed by atoms with Crippen molar-refractivity contribution in [3.63, 3.8) is 0 Å². The number of hydrogen-bond donors (Lipinski definition) is 1. The van der Waals surface area contributed by atoms with Crippen molar-refractivity contribution in [1.29, 1.82) is 5.26 Å². The van der Waals surface area contributed by atoms with E-state index in [1.54, 1.807) is 0 Å². The van der Waals surface area contributed by atoms with Gasteiger partial charge in [0.25, 0.3) is 0 Å². The summed E-state index contributed by atoms with van der Waals surface area (Å²) < 4.78 is 0. The molecule has 0 aliphatic rings. The van der Waals surface area contributed by atoms with E-state index in [9.17, 15) is 0 Å². The van der Waals surface area contributed by atoms with Gasteiger partial charge in [-0.3, -0.25) is 4.98 Å². The summed E-state index contributed by atoms with van der Waals surface area (Å²) in [5, 5.41) is 15.9. The van der Waals surface area contributed by atoms with E-state index in [1.165, 1.54) is 16.3 Å². The fraction of sp³-hybridized carbons (Fsp3) is 0.0370. The maximum absolute atomic E-state index is 8.85. The Hall–Kier alpha value is -4.16. The van der Waals surface area contributed by atoms with Crippen molar-refractivity contribution < 1.29 is 0 Å². The summed E-state index contributed by atoms with van der Waals surface area (Å²) in [7, 11) is 0. The first-order chi connectivity index (χ1) is 14.8. The van der Waals surface area contributed by atoms with Crippen molar-refractivity contribution in [2.75, 3.05) is 5.32 Å². The van der Waals surface area contributed by atoms with E-state index in [0.29, 0.717) is 6.42 Å². The molecule has 1 N–H and O–H groups in total. The zero-order chi connectivity index (χ0) is 20.3. The first-order valence-electron chi connectivity index (χ1n) is 9.91. The van der Waals surface area contributed by atoms with Crippen LogP contribution in [0.3, 0.4) is 0 Å². The van der Waals surface area contributed by atoms with E-state index >= 15 is 0 Å². The molecule has 1 heterocycles. The minimum absolute atomic E-state index is 0.424. The predicted octanol–water partition coefficient (Wildman–Crippen LogP) is 6.86. The number of rotatable bonds is 4. The van der Waals surface area contributed by atoms with Crippen molar-refractivity contribution >= 4 is 33.1 Å². The lowest BCUT2D eigenvalue weighted by Gasteiger charge is -2.12. The lowest BCUT2D eigenvalue weighted by atomic mass is 9.99. The van der Waals surface area contributed by atoms with E-state index in [2.05, 4.69) is 77.0 Å². The van der Waals surface area contributed by atoms with Crippen molar-refractivity contribution in [3.8, 4) is 17.2 Å². The maximum Gasteiger partial charge on any atom is 0.0723 e. The second-order valence-corrected chi connectivity index (χ2v) is 7.31. The van der Waals surface area contributed by atoms with Crippen molar-refractivity contribution in [1.82, 2.24) is 4.98 Å². The number of nitrogens with zero attached hydrogens (tertiary/aromatic N) is 2. The highest BCUT2D eigenvalue weighted by molar-refractivity contribution is 5.96. The Labute approximate surface area is 175 Å². The number of pyridine rings is 1. The zero-order valence-corrected chi connectivity index (χ0v) is 16.3. The Morgan fingerprint density at radius 1 is 0.767 bits per heavy atom. The Balaban J connectivity index is 1.54. The molecule has 5 aromatic rings. The van der Waals surface area contributed by atoms with Gasteiger partial charge in [0.05, 0.1) is 18.0 Å². The largest absolute Gasteiger partial charge is 0.355 e. The molecule has 0 atom stereocenters. The Morgan fingerprint density at radius 3 is 2.37 bits per heavy atom. The molecule has 0 radical (unpaired) electrons. The van der Waals surface area contributed by atoms with E-state index in [4.69, 9.17) is 5.26 Å². The molecule has 0 saturated carbocycles. The third kappa shape index (κ3) is 3.47. The minimum Gasteiger partial charge on any atom is -0.355 e. The fourth-order valence-electron chi connectivity index (χ4n) is 3.76. The van der Waals surface area contributed by atoms with E-state index in [1.807, 2.05) is 36.5 Å². The third-order valence-electron chi connectivity index (χ3n) is 5.34. The smallest absolute Gasteiger partial charge is 0.0723 e. The minimum atomic E-state index is 0.424. The topological polar surface area (TPSA) is 48.7 Å². The van der Waals surface area contributed by atoms with Gasteiger partial charge in [-0.2, -0.15) is 5.26 Å². The van der Waals surface area contributed by atoms with Crippen LogP contribution in [0, 0.1) is 11.3 Å². The van der Waals surface area contributed by atoms with Crippen molar-refractivity contribution in [2.45, 2.75) is 6.42 Å². The van der Waals surface area contributed by atoms with Crippen molar-refractivity contribution in [2.24, 2.45) is 0 Å². The van der Waals surface area contributed by atoms with Gasteiger partial charge in [0.1, 0.15) is 0 Å². The molecule has 30 heavy (non-hydrogen) atoms. The molecule has 0 aliphatic heterocycles. The number of nitriles is 1. The van der Waals surface area contributed by atoms with Gasteiger partial charge in [0.15, 0.2) is 0 Å².